The molecule has 1 N–H and O–H groups in total. The summed E-state index contributed by atoms with van der Waals surface area (Å²) in [7, 11) is -0.401. The lowest BCUT2D eigenvalue weighted by Gasteiger charge is -2.17. The van der Waals surface area contributed by atoms with Crippen LogP contribution in [-0.4, -0.2) is 39.9 Å². The molecule has 0 radical (unpaired) electrons. The molecule has 0 heterocycles. The van der Waals surface area contributed by atoms with Gasteiger partial charge in [0.2, 0.25) is 10.0 Å². The van der Waals surface area contributed by atoms with E-state index in [1.165, 1.54) is 12.1 Å². The van der Waals surface area contributed by atoms with Crippen LogP contribution in [0, 0.1) is 0 Å². The smallest absolute Gasteiger partial charge is 0.253 e. The Morgan fingerprint density at radius 1 is 1.11 bits per heavy atom. The minimum atomic E-state index is -3.69. The van der Waals surface area contributed by atoms with Crippen LogP contribution in [0.25, 0.3) is 0 Å². The van der Waals surface area contributed by atoms with E-state index in [4.69, 9.17) is 4.74 Å². The number of sulfonamides is 1. The van der Waals surface area contributed by atoms with Gasteiger partial charge in [0.25, 0.3) is 5.91 Å². The van der Waals surface area contributed by atoms with Crippen LogP contribution in [0.5, 0.6) is 5.75 Å². The number of para-hydroxylation sites is 1. The first kappa shape index (κ1) is 20.9. The summed E-state index contributed by atoms with van der Waals surface area (Å²) in [5, 5.41) is 0. The molecule has 0 saturated carbocycles. The molecule has 6 nitrogen and oxygen atoms in total. The first-order valence-corrected chi connectivity index (χ1v) is 10.3. The molecule has 0 unspecified atom stereocenters. The summed E-state index contributed by atoms with van der Waals surface area (Å²) >= 11 is 0. The van der Waals surface area contributed by atoms with Gasteiger partial charge >= 0.3 is 0 Å². The summed E-state index contributed by atoms with van der Waals surface area (Å²) in [5.41, 5.74) is 1.21. The number of ether oxygens (including phenoxy) is 1. The summed E-state index contributed by atoms with van der Waals surface area (Å²) in [6, 6.07) is 13.2. The predicted octanol–water partition coefficient (Wildman–Crippen LogP) is 3.05. The molecule has 2 aromatic rings. The van der Waals surface area contributed by atoms with Gasteiger partial charge in [-0.25, -0.2) is 13.1 Å². The highest BCUT2D eigenvalue weighted by Crippen LogP contribution is 2.18. The summed E-state index contributed by atoms with van der Waals surface area (Å²) < 4.78 is 32.8. The average molecular weight is 391 g/mol. The molecule has 0 aliphatic rings. The third kappa shape index (κ3) is 5.55. The van der Waals surface area contributed by atoms with Gasteiger partial charge < -0.3 is 9.64 Å². The SMILES string of the molecule is CCCCN(C)C(=O)c1ccc(S(=O)(=O)NCc2ccccc2OC)cc1. The third-order valence-corrected chi connectivity index (χ3v) is 5.67. The van der Waals surface area contributed by atoms with Crippen LogP contribution in [0.3, 0.4) is 0 Å². The van der Waals surface area contributed by atoms with E-state index in [-0.39, 0.29) is 17.3 Å². The van der Waals surface area contributed by atoms with Crippen LogP contribution in [0.1, 0.15) is 35.7 Å². The fourth-order valence-electron chi connectivity index (χ4n) is 2.60. The number of amides is 1. The van der Waals surface area contributed by atoms with Crippen molar-refractivity contribution in [3.8, 4) is 5.75 Å². The van der Waals surface area contributed by atoms with E-state index in [0.717, 1.165) is 18.4 Å². The van der Waals surface area contributed by atoms with Gasteiger partial charge in [-0.05, 0) is 36.8 Å². The van der Waals surface area contributed by atoms with E-state index in [2.05, 4.69) is 11.6 Å². The molecule has 146 valence electrons. The van der Waals surface area contributed by atoms with E-state index >= 15 is 0 Å². The molecule has 0 spiro atoms. The lowest BCUT2D eigenvalue weighted by atomic mass is 10.2. The van der Waals surface area contributed by atoms with Crippen molar-refractivity contribution < 1.29 is 17.9 Å². The predicted molar refractivity (Wildman–Crippen MR) is 105 cm³/mol. The lowest BCUT2D eigenvalue weighted by molar-refractivity contribution is 0.0793. The Bertz CT molecular complexity index is 864. The molecule has 7 heteroatoms. The maximum absolute atomic E-state index is 12.5. The van der Waals surface area contributed by atoms with Gasteiger partial charge in [-0.15, -0.1) is 0 Å². The highest BCUT2D eigenvalue weighted by atomic mass is 32.2. The molecular formula is C20H26N2O4S. The fraction of sp³-hybridized carbons (Fsp3) is 0.350. The van der Waals surface area contributed by atoms with Crippen molar-refractivity contribution in [1.82, 2.24) is 9.62 Å². The molecule has 0 aliphatic heterocycles. The van der Waals surface area contributed by atoms with Crippen molar-refractivity contribution in [2.45, 2.75) is 31.2 Å². The topological polar surface area (TPSA) is 75.7 Å². The minimum absolute atomic E-state index is 0.116. The van der Waals surface area contributed by atoms with Crippen molar-refractivity contribution in [3.05, 3.63) is 59.7 Å². The van der Waals surface area contributed by atoms with Gasteiger partial charge in [0.1, 0.15) is 5.75 Å². The maximum Gasteiger partial charge on any atom is 0.253 e. The Kier molecular flexibility index (Phi) is 7.38. The second-order valence-corrected chi connectivity index (χ2v) is 8.01. The largest absolute Gasteiger partial charge is 0.496 e. The molecule has 2 rings (SSSR count). The number of rotatable bonds is 9. The van der Waals surface area contributed by atoms with E-state index in [9.17, 15) is 13.2 Å². The number of unbranched alkanes of at least 4 members (excludes halogenated alkanes) is 1. The van der Waals surface area contributed by atoms with Crippen molar-refractivity contribution in [1.29, 1.82) is 0 Å². The Morgan fingerprint density at radius 2 is 1.78 bits per heavy atom. The van der Waals surface area contributed by atoms with Crippen molar-refractivity contribution >= 4 is 15.9 Å². The summed E-state index contributed by atoms with van der Waals surface area (Å²) in [6.45, 7) is 2.86. The Morgan fingerprint density at radius 3 is 2.41 bits per heavy atom. The standard InChI is InChI=1S/C20H26N2O4S/c1-4-5-14-22(2)20(23)16-10-12-18(13-11-16)27(24,25)21-15-17-8-6-7-9-19(17)26-3/h6-13,21H,4-5,14-15H2,1-3H3. The van der Waals surface area contributed by atoms with Gasteiger partial charge in [-0.2, -0.15) is 0 Å². The monoisotopic (exact) mass is 390 g/mol. The number of nitrogens with zero attached hydrogens (tertiary/aromatic N) is 1. The van der Waals surface area contributed by atoms with Gasteiger partial charge in [0.15, 0.2) is 0 Å². The second kappa shape index (κ2) is 9.53. The number of nitrogens with one attached hydrogen (secondary N) is 1. The van der Waals surface area contributed by atoms with E-state index in [0.29, 0.717) is 17.9 Å². The molecule has 0 aliphatic carbocycles. The van der Waals surface area contributed by atoms with Crippen LogP contribution < -0.4 is 9.46 Å². The maximum atomic E-state index is 12.5. The van der Waals surface area contributed by atoms with Gasteiger partial charge in [0, 0.05) is 31.3 Å². The molecule has 0 saturated heterocycles. The Balaban J connectivity index is 2.07. The van der Waals surface area contributed by atoms with Gasteiger partial charge in [-0.3, -0.25) is 4.79 Å². The van der Waals surface area contributed by atoms with E-state index in [1.54, 1.807) is 43.3 Å². The number of carbonyl (C=O) groups is 1. The van der Waals surface area contributed by atoms with Gasteiger partial charge in [-0.1, -0.05) is 31.5 Å². The second-order valence-electron chi connectivity index (χ2n) is 6.24. The summed E-state index contributed by atoms with van der Waals surface area (Å²) in [4.78, 5) is 14.1. The van der Waals surface area contributed by atoms with Gasteiger partial charge in [0.05, 0.1) is 12.0 Å². The molecule has 1 amide bonds. The van der Waals surface area contributed by atoms with Crippen LogP contribution in [0.2, 0.25) is 0 Å². The highest BCUT2D eigenvalue weighted by Gasteiger charge is 2.17. The number of hydrogen-bond donors (Lipinski definition) is 1. The molecule has 0 fully saturated rings. The first-order valence-electron chi connectivity index (χ1n) is 8.86. The molecule has 0 aromatic heterocycles. The van der Waals surface area contributed by atoms with E-state index in [1.807, 2.05) is 12.1 Å². The number of hydrogen-bond acceptors (Lipinski definition) is 4. The zero-order chi connectivity index (χ0) is 19.9. The highest BCUT2D eigenvalue weighted by molar-refractivity contribution is 7.89. The molecular weight excluding hydrogens is 364 g/mol. The van der Waals surface area contributed by atoms with Crippen LogP contribution in [0.4, 0.5) is 0 Å². The number of carbonyl (C=O) groups excluding carboxylic acids is 1. The third-order valence-electron chi connectivity index (χ3n) is 4.25. The Labute approximate surface area is 161 Å². The number of methoxy groups -OCH3 is 1. The Hall–Kier alpha value is -2.38. The fourth-order valence-corrected chi connectivity index (χ4v) is 3.61. The molecule has 2 aromatic carbocycles. The molecule has 0 bridgehead atoms. The lowest BCUT2D eigenvalue weighted by Crippen LogP contribution is -2.28. The van der Waals surface area contributed by atoms with Crippen molar-refractivity contribution in [2.24, 2.45) is 0 Å². The van der Waals surface area contributed by atoms with Crippen molar-refractivity contribution in [2.75, 3.05) is 20.7 Å². The number of benzene rings is 2. The van der Waals surface area contributed by atoms with Crippen LogP contribution in [0.15, 0.2) is 53.4 Å². The normalized spacial score (nSPS) is 11.2. The van der Waals surface area contributed by atoms with Crippen LogP contribution in [-0.2, 0) is 16.6 Å². The molecule has 0 atom stereocenters. The van der Waals surface area contributed by atoms with E-state index < -0.39 is 10.0 Å². The first-order chi connectivity index (χ1) is 12.9. The zero-order valence-corrected chi connectivity index (χ0v) is 16.8. The quantitative estimate of drug-likeness (QED) is 0.714. The van der Waals surface area contributed by atoms with Crippen molar-refractivity contribution in [3.63, 3.8) is 0 Å². The minimum Gasteiger partial charge on any atom is -0.496 e. The summed E-state index contributed by atoms with van der Waals surface area (Å²) in [5.74, 6) is 0.505. The van der Waals surface area contributed by atoms with Crippen LogP contribution >= 0.6 is 0 Å². The summed E-state index contributed by atoms with van der Waals surface area (Å²) in [6.07, 6.45) is 1.94. The average Bonchev–Trinajstić information content (AvgIpc) is 2.70. The molecule has 27 heavy (non-hydrogen) atoms. The zero-order valence-electron chi connectivity index (χ0n) is 15.9.